The van der Waals surface area contributed by atoms with Crippen molar-refractivity contribution in [3.8, 4) is 5.75 Å². The van der Waals surface area contributed by atoms with Crippen molar-refractivity contribution >= 4 is 11.8 Å². The monoisotopic (exact) mass is 250 g/mol. The molecule has 0 aliphatic rings. The molecule has 0 atom stereocenters. The Balaban J connectivity index is 2.35. The summed E-state index contributed by atoms with van der Waals surface area (Å²) in [7, 11) is 0. The Hall–Kier alpha value is -1.84. The van der Waals surface area contributed by atoms with Crippen LogP contribution in [0, 0.1) is 0 Å². The topological polar surface area (TPSA) is 52.6 Å². The lowest BCUT2D eigenvalue weighted by molar-refractivity contribution is -0.142. The lowest BCUT2D eigenvalue weighted by Crippen LogP contribution is -2.05. The molecule has 0 aliphatic heterocycles. The summed E-state index contributed by atoms with van der Waals surface area (Å²) in [5.74, 6) is 0.611. The highest BCUT2D eigenvalue weighted by Crippen LogP contribution is 2.13. The minimum absolute atomic E-state index is 0.196. The van der Waals surface area contributed by atoms with Gasteiger partial charge < -0.3 is 9.47 Å². The molecule has 0 bridgehead atoms. The maximum absolute atomic E-state index is 11.1. The van der Waals surface area contributed by atoms with E-state index in [4.69, 9.17) is 9.47 Å². The van der Waals surface area contributed by atoms with Gasteiger partial charge in [-0.3, -0.25) is 9.59 Å². The fourth-order valence-electron chi connectivity index (χ4n) is 1.33. The second-order valence-corrected chi connectivity index (χ2v) is 3.91. The lowest BCUT2D eigenvalue weighted by atomic mass is 10.2. The van der Waals surface area contributed by atoms with Crippen molar-refractivity contribution in [3.05, 3.63) is 29.8 Å². The van der Waals surface area contributed by atoms with E-state index in [1.807, 2.05) is 19.1 Å². The third kappa shape index (κ3) is 5.48. The molecule has 0 heterocycles. The first-order chi connectivity index (χ1) is 8.61. The van der Waals surface area contributed by atoms with Gasteiger partial charge >= 0.3 is 5.97 Å². The van der Waals surface area contributed by atoms with Crippen LogP contribution in [0.3, 0.4) is 0 Å². The average Bonchev–Trinajstić information content (AvgIpc) is 2.37. The van der Waals surface area contributed by atoms with E-state index >= 15 is 0 Å². The molecule has 0 amide bonds. The molecule has 0 fully saturated rings. The predicted octanol–water partition coefficient (Wildman–Crippen LogP) is 2.50. The molecule has 4 nitrogen and oxygen atoms in total. The Morgan fingerprint density at radius 1 is 1.17 bits per heavy atom. The minimum Gasteiger partial charge on any atom is -0.493 e. The quantitative estimate of drug-likeness (QED) is 0.698. The van der Waals surface area contributed by atoms with Gasteiger partial charge in [-0.2, -0.15) is 0 Å². The molecule has 0 unspecified atom stereocenters. The molecule has 1 rings (SSSR count). The number of rotatable bonds is 7. The first-order valence-electron chi connectivity index (χ1n) is 5.98. The van der Waals surface area contributed by atoms with E-state index in [1.54, 1.807) is 12.1 Å². The molecular formula is C14H18O4. The van der Waals surface area contributed by atoms with E-state index in [-0.39, 0.29) is 18.4 Å². The van der Waals surface area contributed by atoms with E-state index in [1.165, 1.54) is 6.92 Å². The molecule has 0 aromatic heterocycles. The van der Waals surface area contributed by atoms with Crippen LogP contribution in [-0.2, 0) is 20.9 Å². The number of carbonyl (C=O) groups is 2. The van der Waals surface area contributed by atoms with Crippen LogP contribution < -0.4 is 4.74 Å². The van der Waals surface area contributed by atoms with Gasteiger partial charge in [-0.25, -0.2) is 0 Å². The molecule has 0 saturated heterocycles. The number of carbonyl (C=O) groups excluding carboxylic acids is 2. The van der Waals surface area contributed by atoms with Crippen molar-refractivity contribution in [2.45, 2.75) is 33.3 Å². The fraction of sp³-hybridized carbons (Fsp3) is 0.429. The third-order valence-electron chi connectivity index (χ3n) is 2.41. The maximum Gasteiger partial charge on any atom is 0.302 e. The summed E-state index contributed by atoms with van der Waals surface area (Å²) < 4.78 is 10.3. The van der Waals surface area contributed by atoms with Gasteiger partial charge in [0.05, 0.1) is 6.61 Å². The minimum atomic E-state index is -0.298. The highest BCUT2D eigenvalue weighted by atomic mass is 16.5. The Morgan fingerprint density at radius 3 is 2.39 bits per heavy atom. The molecule has 0 aliphatic carbocycles. The molecule has 0 spiro atoms. The zero-order valence-electron chi connectivity index (χ0n) is 10.8. The van der Waals surface area contributed by atoms with Crippen LogP contribution in [0.2, 0.25) is 0 Å². The zero-order chi connectivity index (χ0) is 13.4. The number of Topliss-reactive ketones (excluding diaryl/α,β-unsaturated/α-hetero) is 1. The summed E-state index contributed by atoms with van der Waals surface area (Å²) in [5, 5.41) is 0. The van der Waals surface area contributed by atoms with Gasteiger partial charge in [0.2, 0.25) is 0 Å². The number of ether oxygens (including phenoxy) is 2. The lowest BCUT2D eigenvalue weighted by Gasteiger charge is -2.06. The van der Waals surface area contributed by atoms with E-state index in [2.05, 4.69) is 0 Å². The van der Waals surface area contributed by atoms with Crippen molar-refractivity contribution in [3.63, 3.8) is 0 Å². The Morgan fingerprint density at radius 2 is 1.83 bits per heavy atom. The van der Waals surface area contributed by atoms with E-state index in [9.17, 15) is 9.59 Å². The SMILES string of the molecule is CCC(=O)CCOc1ccc(COC(C)=O)cc1. The Labute approximate surface area is 107 Å². The summed E-state index contributed by atoms with van der Waals surface area (Å²) in [5.41, 5.74) is 0.905. The second-order valence-electron chi connectivity index (χ2n) is 3.91. The molecule has 18 heavy (non-hydrogen) atoms. The number of hydrogen-bond donors (Lipinski definition) is 0. The van der Waals surface area contributed by atoms with Crippen molar-refractivity contribution in [1.82, 2.24) is 0 Å². The predicted molar refractivity (Wildman–Crippen MR) is 67.3 cm³/mol. The van der Waals surface area contributed by atoms with E-state index < -0.39 is 0 Å². The van der Waals surface area contributed by atoms with Gasteiger partial charge in [-0.15, -0.1) is 0 Å². The van der Waals surface area contributed by atoms with Crippen LogP contribution >= 0.6 is 0 Å². The van der Waals surface area contributed by atoms with Crippen molar-refractivity contribution in [2.24, 2.45) is 0 Å². The van der Waals surface area contributed by atoms with Crippen molar-refractivity contribution in [2.75, 3.05) is 6.61 Å². The number of esters is 1. The zero-order valence-corrected chi connectivity index (χ0v) is 10.8. The van der Waals surface area contributed by atoms with Crippen LogP contribution in [0.5, 0.6) is 5.75 Å². The highest BCUT2D eigenvalue weighted by molar-refractivity contribution is 5.78. The van der Waals surface area contributed by atoms with Crippen molar-refractivity contribution < 1.29 is 19.1 Å². The van der Waals surface area contributed by atoms with Crippen LogP contribution in [-0.4, -0.2) is 18.4 Å². The van der Waals surface area contributed by atoms with Gasteiger partial charge in [0.15, 0.2) is 0 Å². The van der Waals surface area contributed by atoms with Gasteiger partial charge in [0, 0.05) is 19.8 Å². The van der Waals surface area contributed by atoms with Crippen molar-refractivity contribution in [1.29, 1.82) is 0 Å². The molecule has 0 N–H and O–H groups in total. The van der Waals surface area contributed by atoms with Gasteiger partial charge in [-0.1, -0.05) is 19.1 Å². The van der Waals surface area contributed by atoms with E-state index in [0.29, 0.717) is 25.2 Å². The molecule has 1 aromatic rings. The Bertz CT molecular complexity index is 395. The highest BCUT2D eigenvalue weighted by Gasteiger charge is 2.00. The van der Waals surface area contributed by atoms with Crippen LogP contribution in [0.1, 0.15) is 32.3 Å². The standard InChI is InChI=1S/C14H18O4/c1-3-13(16)8-9-17-14-6-4-12(5-7-14)10-18-11(2)15/h4-7H,3,8-10H2,1-2H3. The molecule has 4 heteroatoms. The molecule has 1 aromatic carbocycles. The average molecular weight is 250 g/mol. The van der Waals surface area contributed by atoms with Gasteiger partial charge in [-0.05, 0) is 17.7 Å². The van der Waals surface area contributed by atoms with Gasteiger partial charge in [0.1, 0.15) is 18.1 Å². The largest absolute Gasteiger partial charge is 0.493 e. The molecular weight excluding hydrogens is 232 g/mol. The number of ketones is 1. The number of hydrogen-bond acceptors (Lipinski definition) is 4. The number of benzene rings is 1. The summed E-state index contributed by atoms with van der Waals surface area (Å²) in [6.07, 6.45) is 0.983. The molecule has 0 radical (unpaired) electrons. The maximum atomic E-state index is 11.1. The molecule has 0 saturated carbocycles. The van der Waals surface area contributed by atoms with Crippen LogP contribution in [0.4, 0.5) is 0 Å². The normalized spacial score (nSPS) is 9.89. The second kappa shape index (κ2) is 7.48. The van der Waals surface area contributed by atoms with Gasteiger partial charge in [0.25, 0.3) is 0 Å². The summed E-state index contributed by atoms with van der Waals surface area (Å²) >= 11 is 0. The summed E-state index contributed by atoms with van der Waals surface area (Å²) in [4.78, 5) is 21.7. The summed E-state index contributed by atoms with van der Waals surface area (Å²) in [6.45, 7) is 3.88. The third-order valence-corrected chi connectivity index (χ3v) is 2.41. The first-order valence-corrected chi connectivity index (χ1v) is 5.98. The first kappa shape index (κ1) is 14.2. The Kier molecular flexibility index (Phi) is 5.91. The van der Waals surface area contributed by atoms with Crippen LogP contribution in [0.15, 0.2) is 24.3 Å². The smallest absolute Gasteiger partial charge is 0.302 e. The van der Waals surface area contributed by atoms with Crippen LogP contribution in [0.25, 0.3) is 0 Å². The summed E-state index contributed by atoms with van der Waals surface area (Å²) in [6, 6.07) is 7.27. The van der Waals surface area contributed by atoms with E-state index in [0.717, 1.165) is 5.56 Å². The fourth-order valence-corrected chi connectivity index (χ4v) is 1.33. The molecule has 98 valence electrons.